The molecule has 3 rings (SSSR count). The minimum absolute atomic E-state index is 0. The number of hydrogen-bond acceptors (Lipinski definition) is 2. The Labute approximate surface area is 134 Å². The van der Waals surface area contributed by atoms with Crippen molar-refractivity contribution in [1.29, 1.82) is 0 Å². The van der Waals surface area contributed by atoms with Crippen LogP contribution in [0, 0.1) is 0 Å². The summed E-state index contributed by atoms with van der Waals surface area (Å²) in [5.41, 5.74) is 2.02. The van der Waals surface area contributed by atoms with Crippen molar-refractivity contribution in [2.24, 2.45) is 0 Å². The van der Waals surface area contributed by atoms with Crippen molar-refractivity contribution in [3.63, 3.8) is 0 Å². The van der Waals surface area contributed by atoms with Gasteiger partial charge in [0.05, 0.1) is 0 Å². The number of rotatable bonds is 0. The van der Waals surface area contributed by atoms with Crippen molar-refractivity contribution >= 4 is 25.1 Å². The topological polar surface area (TPSA) is 34.1 Å². The third-order valence-corrected chi connectivity index (χ3v) is 2.83. The van der Waals surface area contributed by atoms with Crippen LogP contribution in [0.15, 0.2) is 48.5 Å². The van der Waals surface area contributed by atoms with E-state index in [2.05, 4.69) is 0 Å². The van der Waals surface area contributed by atoms with Gasteiger partial charge in [0, 0.05) is 39.3 Å². The smallest absolute Gasteiger partial charge is 0.194 e. The van der Waals surface area contributed by atoms with Gasteiger partial charge in [-0.25, -0.2) is 0 Å². The van der Waals surface area contributed by atoms with E-state index in [-0.39, 0.29) is 54.5 Å². The Morgan fingerprint density at radius 3 is 1.00 bits per heavy atom. The molecule has 0 N–H and O–H groups in total. The van der Waals surface area contributed by atoms with Crippen LogP contribution in [-0.4, -0.2) is 11.6 Å². The second-order valence-corrected chi connectivity index (χ2v) is 3.75. The van der Waals surface area contributed by atoms with E-state index in [0.29, 0.717) is 22.3 Å². The average Bonchev–Trinajstić information content (AvgIpc) is 2.36. The second-order valence-electron chi connectivity index (χ2n) is 3.75. The summed E-state index contributed by atoms with van der Waals surface area (Å²) in [6, 6.07) is 13.9. The number of ketones is 2. The zero-order chi connectivity index (χ0) is 11.1. The molecule has 1 radical (unpaired) electrons. The third kappa shape index (κ3) is 2.77. The van der Waals surface area contributed by atoms with Crippen LogP contribution in [0.5, 0.6) is 0 Å². The minimum atomic E-state index is -0.0641. The number of carbonyl (C=O) groups is 2. The first-order valence-electron chi connectivity index (χ1n) is 5.06. The van der Waals surface area contributed by atoms with Crippen LogP contribution in [0.25, 0.3) is 0 Å². The maximum atomic E-state index is 12.1. The summed E-state index contributed by atoms with van der Waals surface area (Å²) in [7, 11) is 0. The molecule has 0 fully saturated rings. The van der Waals surface area contributed by atoms with E-state index < -0.39 is 0 Å². The summed E-state index contributed by atoms with van der Waals surface area (Å²) in [5, 5.41) is 0. The number of fused-ring (bicyclic) bond motifs is 2. The molecule has 0 atom stereocenters. The monoisotopic (exact) mass is 341 g/mol. The predicted octanol–water partition coefficient (Wildman–Crippen LogP) is -1.34. The molecule has 5 heteroatoms. The summed E-state index contributed by atoms with van der Waals surface area (Å²) >= 11 is 0. The third-order valence-electron chi connectivity index (χ3n) is 2.83. The van der Waals surface area contributed by atoms with Gasteiger partial charge in [0.2, 0.25) is 0 Å². The summed E-state index contributed by atoms with van der Waals surface area (Å²) in [5.74, 6) is -0.128. The fraction of sp³-hybridized carbons (Fsp3) is 0. The molecule has 0 saturated carbocycles. The Balaban J connectivity index is 0.00000108. The Hall–Kier alpha value is -1.06. The van der Waals surface area contributed by atoms with Gasteiger partial charge in [-0.05, 0) is 0 Å². The van der Waals surface area contributed by atoms with Gasteiger partial charge in [-0.3, -0.25) is 9.59 Å². The van der Waals surface area contributed by atoms with Gasteiger partial charge < -0.3 is 12.4 Å². The molecular weight excluding hydrogens is 331 g/mol. The van der Waals surface area contributed by atoms with E-state index in [1.807, 2.05) is 0 Å². The Kier molecular flexibility index (Phi) is 6.53. The van der Waals surface area contributed by atoms with Crippen LogP contribution in [0.2, 0.25) is 0 Å². The quantitative estimate of drug-likeness (QED) is 0.374. The summed E-state index contributed by atoms with van der Waals surface area (Å²) in [6.07, 6.45) is 0. The molecule has 2 aromatic rings. The number of halogens is 1. The van der Waals surface area contributed by atoms with Gasteiger partial charge >= 0.3 is 0 Å². The van der Waals surface area contributed by atoms with Crippen molar-refractivity contribution in [1.82, 2.24) is 0 Å². The zero-order valence-electron chi connectivity index (χ0n) is 9.69. The molecule has 0 heterocycles. The van der Waals surface area contributed by atoms with Gasteiger partial charge in [0.25, 0.3) is 0 Å². The van der Waals surface area contributed by atoms with Crippen LogP contribution in [-0.2, 0) is 30.6 Å². The van der Waals surface area contributed by atoms with Crippen molar-refractivity contribution < 1.29 is 39.1 Å². The molecule has 0 bridgehead atoms. The normalized spacial score (nSPS) is 11.2. The molecule has 1 aliphatic carbocycles. The van der Waals surface area contributed by atoms with E-state index in [1.54, 1.807) is 48.5 Å². The van der Waals surface area contributed by atoms with Crippen LogP contribution in [0.4, 0.5) is 0 Å². The van der Waals surface area contributed by atoms with E-state index in [1.165, 1.54) is 0 Å². The Bertz CT molecular complexity index is 523. The molecule has 0 amide bonds. The second kappa shape index (κ2) is 6.92. The first kappa shape index (κ1) is 17.9. The van der Waals surface area contributed by atoms with Crippen molar-refractivity contribution in [3.05, 3.63) is 70.8 Å². The van der Waals surface area contributed by atoms with Gasteiger partial charge in [-0.2, -0.15) is 0 Å². The van der Waals surface area contributed by atoms with Gasteiger partial charge in [0.1, 0.15) is 0 Å². The van der Waals surface area contributed by atoms with E-state index in [0.717, 1.165) is 0 Å². The van der Waals surface area contributed by atoms with Crippen molar-refractivity contribution in [2.75, 3.05) is 0 Å². The maximum absolute atomic E-state index is 12.1. The molecule has 1 aliphatic rings. The van der Waals surface area contributed by atoms with E-state index >= 15 is 0 Å². The standard InChI is InChI=1S/C14H8O2.ClH.Cu.H2S/c15-13-9-5-1-2-6-10(9)14(16)12-8-4-3-7-11(12)13;;;/h1-8H;1H;;1H2. The minimum Gasteiger partial charge on any atom is -1.00 e. The zero-order valence-corrected chi connectivity index (χ0v) is 12.5. The molecule has 0 spiro atoms. The number of carbonyl (C=O) groups excluding carboxylic acids is 2. The predicted molar refractivity (Wildman–Crippen MR) is 71.3 cm³/mol. The van der Waals surface area contributed by atoms with Crippen molar-refractivity contribution in [3.8, 4) is 0 Å². The molecule has 2 aromatic carbocycles. The molecule has 0 unspecified atom stereocenters. The fourth-order valence-corrected chi connectivity index (χ4v) is 2.05. The van der Waals surface area contributed by atoms with Crippen LogP contribution in [0.1, 0.15) is 31.8 Å². The molecule has 0 aromatic heterocycles. The fourth-order valence-electron chi connectivity index (χ4n) is 2.05. The molecule has 103 valence electrons. The maximum Gasteiger partial charge on any atom is 0.194 e. The van der Waals surface area contributed by atoms with Gasteiger partial charge in [-0.1, -0.05) is 62.0 Å². The van der Waals surface area contributed by atoms with Crippen LogP contribution in [0.3, 0.4) is 0 Å². The summed E-state index contributed by atoms with van der Waals surface area (Å²) in [6.45, 7) is 0. The van der Waals surface area contributed by atoms with E-state index in [9.17, 15) is 9.59 Å². The van der Waals surface area contributed by atoms with Gasteiger partial charge in [0.15, 0.2) is 11.6 Å². The molecule has 0 aliphatic heterocycles. The number of hydrogen-bond donors (Lipinski definition) is 0. The number of benzene rings is 2. The summed E-state index contributed by atoms with van der Waals surface area (Å²) in [4.78, 5) is 24.2. The van der Waals surface area contributed by atoms with Crippen molar-refractivity contribution in [2.45, 2.75) is 0 Å². The Morgan fingerprint density at radius 2 is 0.789 bits per heavy atom. The first-order valence-corrected chi connectivity index (χ1v) is 5.06. The van der Waals surface area contributed by atoms with Crippen LogP contribution >= 0.6 is 0 Å². The Morgan fingerprint density at radius 1 is 0.579 bits per heavy atom. The molecule has 0 saturated heterocycles. The van der Waals surface area contributed by atoms with Gasteiger partial charge in [-0.15, -0.1) is 0 Å². The molecule has 2 nitrogen and oxygen atoms in total. The molecule has 19 heavy (non-hydrogen) atoms. The summed E-state index contributed by atoms with van der Waals surface area (Å²) < 4.78 is 0. The first-order chi connectivity index (χ1) is 7.79. The SMILES string of the molecule is O=C1c2ccccc2C(=O)c2ccccc21.[Cl-].[Cu].[SH3+]. The largest absolute Gasteiger partial charge is 1.00 e. The average molecular weight is 342 g/mol. The van der Waals surface area contributed by atoms with Crippen LogP contribution < -0.4 is 12.4 Å². The molecular formula is C14H11ClCuO2S. The van der Waals surface area contributed by atoms with E-state index in [4.69, 9.17) is 0 Å².